The van der Waals surface area contributed by atoms with Crippen LogP contribution in [0.15, 0.2) is 41.3 Å². The Kier molecular flexibility index (Phi) is 8.44. The zero-order valence-electron chi connectivity index (χ0n) is 17.2. The first-order valence-corrected chi connectivity index (χ1v) is 11.8. The normalized spacial score (nSPS) is 14.8. The molecule has 10 heteroatoms. The monoisotopic (exact) mass is 587 g/mol. The second-order valence-electron chi connectivity index (χ2n) is 6.49. The fourth-order valence-electron chi connectivity index (χ4n) is 2.85. The lowest BCUT2D eigenvalue weighted by atomic mass is 10.1. The molecule has 1 saturated heterocycles. The summed E-state index contributed by atoms with van der Waals surface area (Å²) in [5.41, 5.74) is 1.49. The van der Waals surface area contributed by atoms with Crippen LogP contribution in [-0.4, -0.2) is 42.3 Å². The van der Waals surface area contributed by atoms with Crippen molar-refractivity contribution in [2.75, 3.05) is 20.3 Å². The van der Waals surface area contributed by atoms with Gasteiger partial charge in [0.15, 0.2) is 11.5 Å². The number of hydrogen-bond donors (Lipinski definition) is 0. The van der Waals surface area contributed by atoms with Gasteiger partial charge in [-0.15, -0.1) is 0 Å². The number of methoxy groups -OCH3 is 1. The van der Waals surface area contributed by atoms with E-state index in [2.05, 4.69) is 22.6 Å². The van der Waals surface area contributed by atoms with Gasteiger partial charge in [0.05, 0.1) is 22.2 Å². The van der Waals surface area contributed by atoms with Crippen molar-refractivity contribution in [2.45, 2.75) is 13.5 Å². The molecule has 7 nitrogen and oxygen atoms in total. The van der Waals surface area contributed by atoms with Crippen molar-refractivity contribution in [3.05, 3.63) is 61.0 Å². The SMILES string of the molecule is CCOC(=O)CN1C(=O)S/C(=C\c2cc(I)c(OCc3ccccc3Cl)c(OC)c2)C1=O. The highest BCUT2D eigenvalue weighted by molar-refractivity contribution is 14.1. The van der Waals surface area contributed by atoms with Gasteiger partial charge < -0.3 is 14.2 Å². The van der Waals surface area contributed by atoms with Crippen LogP contribution in [0.5, 0.6) is 11.5 Å². The van der Waals surface area contributed by atoms with Gasteiger partial charge in [-0.3, -0.25) is 19.3 Å². The Hall–Kier alpha value is -2.24. The molecule has 32 heavy (non-hydrogen) atoms. The molecule has 0 saturated carbocycles. The highest BCUT2D eigenvalue weighted by Crippen LogP contribution is 2.37. The minimum atomic E-state index is -0.632. The van der Waals surface area contributed by atoms with Crippen LogP contribution in [-0.2, 0) is 20.9 Å². The molecule has 168 valence electrons. The van der Waals surface area contributed by atoms with Crippen molar-refractivity contribution < 1.29 is 28.6 Å². The average molecular weight is 588 g/mol. The molecular formula is C22H19ClINO6S. The van der Waals surface area contributed by atoms with Crippen LogP contribution in [0.4, 0.5) is 4.79 Å². The van der Waals surface area contributed by atoms with Crippen LogP contribution in [0.1, 0.15) is 18.1 Å². The predicted octanol–water partition coefficient (Wildman–Crippen LogP) is 5.13. The number of rotatable bonds is 8. The van der Waals surface area contributed by atoms with Gasteiger partial charge in [0.2, 0.25) is 0 Å². The van der Waals surface area contributed by atoms with E-state index in [1.54, 1.807) is 25.1 Å². The molecule has 0 aromatic heterocycles. The van der Waals surface area contributed by atoms with Gasteiger partial charge in [-0.1, -0.05) is 29.8 Å². The number of hydrogen-bond acceptors (Lipinski definition) is 7. The average Bonchev–Trinajstić information content (AvgIpc) is 3.01. The lowest BCUT2D eigenvalue weighted by Gasteiger charge is -2.14. The molecule has 1 fully saturated rings. The Morgan fingerprint density at radius 3 is 2.69 bits per heavy atom. The molecule has 2 aromatic carbocycles. The lowest BCUT2D eigenvalue weighted by molar-refractivity contribution is -0.145. The number of carbonyl (C=O) groups is 3. The lowest BCUT2D eigenvalue weighted by Crippen LogP contribution is -2.34. The van der Waals surface area contributed by atoms with Crippen molar-refractivity contribution >= 4 is 69.1 Å². The molecule has 1 aliphatic rings. The zero-order chi connectivity index (χ0) is 23.3. The van der Waals surface area contributed by atoms with E-state index in [-0.39, 0.29) is 18.1 Å². The third-order valence-corrected chi connectivity index (χ3v) is 6.42. The van der Waals surface area contributed by atoms with Gasteiger partial charge in [0.25, 0.3) is 11.1 Å². The van der Waals surface area contributed by atoms with Gasteiger partial charge in [0, 0.05) is 10.6 Å². The molecule has 2 amide bonds. The van der Waals surface area contributed by atoms with Crippen molar-refractivity contribution in [1.29, 1.82) is 0 Å². The zero-order valence-corrected chi connectivity index (χ0v) is 21.0. The Morgan fingerprint density at radius 1 is 1.25 bits per heavy atom. The van der Waals surface area contributed by atoms with E-state index < -0.39 is 23.7 Å². The Labute approximate surface area is 208 Å². The molecule has 3 rings (SSSR count). The number of amides is 2. The third kappa shape index (κ3) is 5.76. The van der Waals surface area contributed by atoms with Crippen LogP contribution in [0.25, 0.3) is 6.08 Å². The molecule has 0 radical (unpaired) electrons. The number of benzene rings is 2. The van der Waals surface area contributed by atoms with E-state index in [0.29, 0.717) is 22.1 Å². The third-order valence-electron chi connectivity index (χ3n) is 4.35. The molecular weight excluding hydrogens is 569 g/mol. The Balaban J connectivity index is 1.80. The first kappa shape index (κ1) is 24.4. The molecule has 0 spiro atoms. The second kappa shape index (κ2) is 11.1. The van der Waals surface area contributed by atoms with E-state index in [1.807, 2.05) is 24.3 Å². The maximum absolute atomic E-state index is 12.6. The molecule has 1 heterocycles. The van der Waals surface area contributed by atoms with Crippen molar-refractivity contribution in [3.63, 3.8) is 0 Å². The van der Waals surface area contributed by atoms with Crippen molar-refractivity contribution in [1.82, 2.24) is 4.90 Å². The fourth-order valence-corrected chi connectivity index (χ4v) is 4.66. The van der Waals surface area contributed by atoms with Gasteiger partial charge in [-0.25, -0.2) is 0 Å². The summed E-state index contributed by atoms with van der Waals surface area (Å²) in [6.07, 6.45) is 1.58. The highest BCUT2D eigenvalue weighted by atomic mass is 127. The van der Waals surface area contributed by atoms with E-state index in [0.717, 1.165) is 25.8 Å². The summed E-state index contributed by atoms with van der Waals surface area (Å²) >= 11 is 9.08. The smallest absolute Gasteiger partial charge is 0.326 e. The van der Waals surface area contributed by atoms with Crippen LogP contribution in [0, 0.1) is 3.57 Å². The number of nitrogens with zero attached hydrogens (tertiary/aromatic N) is 1. The predicted molar refractivity (Wildman–Crippen MR) is 131 cm³/mol. The maximum atomic E-state index is 12.6. The summed E-state index contributed by atoms with van der Waals surface area (Å²) in [4.78, 5) is 37.5. The van der Waals surface area contributed by atoms with Gasteiger partial charge in [-0.05, 0) is 71.1 Å². The molecule has 2 aromatic rings. The first-order valence-electron chi connectivity index (χ1n) is 9.48. The van der Waals surface area contributed by atoms with Crippen LogP contribution in [0.2, 0.25) is 5.02 Å². The number of halogens is 2. The van der Waals surface area contributed by atoms with Gasteiger partial charge in [-0.2, -0.15) is 0 Å². The second-order valence-corrected chi connectivity index (χ2v) is 9.05. The highest BCUT2D eigenvalue weighted by Gasteiger charge is 2.36. The molecule has 0 atom stereocenters. The molecule has 0 unspecified atom stereocenters. The number of imide groups is 1. The summed E-state index contributed by atoms with van der Waals surface area (Å²) in [5.74, 6) is -0.157. The Morgan fingerprint density at radius 2 is 2.00 bits per heavy atom. The maximum Gasteiger partial charge on any atom is 0.326 e. The van der Waals surface area contributed by atoms with E-state index in [4.69, 9.17) is 25.8 Å². The van der Waals surface area contributed by atoms with Crippen LogP contribution < -0.4 is 9.47 Å². The summed E-state index contributed by atoms with van der Waals surface area (Å²) in [5, 5.41) is 0.0901. The number of esters is 1. The van der Waals surface area contributed by atoms with Crippen LogP contribution in [0.3, 0.4) is 0 Å². The first-order chi connectivity index (χ1) is 15.3. The number of carbonyl (C=O) groups excluding carboxylic acids is 3. The van der Waals surface area contributed by atoms with Crippen molar-refractivity contribution in [2.24, 2.45) is 0 Å². The summed E-state index contributed by atoms with van der Waals surface area (Å²) < 4.78 is 17.0. The fraction of sp³-hybridized carbons (Fsp3) is 0.227. The number of thioether (sulfide) groups is 1. The van der Waals surface area contributed by atoms with Crippen LogP contribution >= 0.6 is 46.0 Å². The van der Waals surface area contributed by atoms with E-state index >= 15 is 0 Å². The summed E-state index contributed by atoms with van der Waals surface area (Å²) in [6.45, 7) is 1.68. The van der Waals surface area contributed by atoms with Gasteiger partial charge >= 0.3 is 5.97 Å². The van der Waals surface area contributed by atoms with Crippen molar-refractivity contribution in [3.8, 4) is 11.5 Å². The molecule has 0 N–H and O–H groups in total. The summed E-state index contributed by atoms with van der Waals surface area (Å²) in [7, 11) is 1.52. The quantitative estimate of drug-likeness (QED) is 0.241. The minimum Gasteiger partial charge on any atom is -0.493 e. The Bertz CT molecular complexity index is 1090. The largest absolute Gasteiger partial charge is 0.493 e. The topological polar surface area (TPSA) is 82.1 Å². The molecule has 1 aliphatic heterocycles. The van der Waals surface area contributed by atoms with Gasteiger partial charge in [0.1, 0.15) is 13.2 Å². The summed E-state index contributed by atoms with van der Waals surface area (Å²) in [6, 6.07) is 10.9. The van der Waals surface area contributed by atoms with E-state index in [1.165, 1.54) is 7.11 Å². The number of ether oxygens (including phenoxy) is 3. The molecule has 0 aliphatic carbocycles. The molecule has 0 bridgehead atoms. The minimum absolute atomic E-state index is 0.175. The standard InChI is InChI=1S/C22H19ClINO6S/c1-3-30-19(26)11-25-21(27)18(32-22(25)28)10-13-8-16(24)20(17(9-13)29-2)31-12-14-6-4-5-7-15(14)23/h4-10H,3,11-12H2,1-2H3/b18-10-. The van der Waals surface area contributed by atoms with E-state index in [9.17, 15) is 14.4 Å².